The third-order valence-corrected chi connectivity index (χ3v) is 3.55. The summed E-state index contributed by atoms with van der Waals surface area (Å²) in [7, 11) is 0. The van der Waals surface area contributed by atoms with Gasteiger partial charge in [-0.1, -0.05) is 12.1 Å². The van der Waals surface area contributed by atoms with Crippen LogP contribution in [0.15, 0.2) is 42.5 Å². The van der Waals surface area contributed by atoms with Crippen molar-refractivity contribution < 1.29 is 18.4 Å². The van der Waals surface area contributed by atoms with E-state index in [0.717, 1.165) is 23.7 Å². The van der Waals surface area contributed by atoms with Gasteiger partial charge in [-0.25, -0.2) is 13.8 Å². The zero-order valence-electron chi connectivity index (χ0n) is 13.1. The Morgan fingerprint density at radius 2 is 1.88 bits per heavy atom. The fraction of sp³-hybridized carbons (Fsp3) is 0.118. The summed E-state index contributed by atoms with van der Waals surface area (Å²) in [6.07, 6.45) is 0. The minimum absolute atomic E-state index is 0.0812. The number of nitrogens with zero attached hydrogens (tertiary/aromatic N) is 1. The van der Waals surface area contributed by atoms with Crippen molar-refractivity contribution in [2.45, 2.75) is 13.0 Å². The summed E-state index contributed by atoms with van der Waals surface area (Å²) in [5, 5.41) is 4.97. The van der Waals surface area contributed by atoms with E-state index in [1.54, 1.807) is 6.07 Å². The highest BCUT2D eigenvalue weighted by Crippen LogP contribution is 2.13. The van der Waals surface area contributed by atoms with Crippen molar-refractivity contribution in [3.8, 4) is 0 Å². The summed E-state index contributed by atoms with van der Waals surface area (Å²) in [4.78, 5) is 31.3. The third-order valence-electron chi connectivity index (χ3n) is 3.55. The smallest absolute Gasteiger partial charge is 0.252 e. The van der Waals surface area contributed by atoms with E-state index in [0.29, 0.717) is 5.52 Å². The van der Waals surface area contributed by atoms with Crippen LogP contribution in [0.25, 0.3) is 11.0 Å². The second kappa shape index (κ2) is 6.68. The molecule has 8 heteroatoms. The van der Waals surface area contributed by atoms with Gasteiger partial charge in [-0.05, 0) is 37.3 Å². The van der Waals surface area contributed by atoms with Gasteiger partial charge in [0.25, 0.3) is 5.91 Å². The summed E-state index contributed by atoms with van der Waals surface area (Å²) < 4.78 is 26.1. The number of hydrogen-bond donors (Lipinski definition) is 3. The fourth-order valence-electron chi connectivity index (χ4n) is 2.22. The van der Waals surface area contributed by atoms with Crippen molar-refractivity contribution >= 4 is 28.8 Å². The number of para-hydroxylation sites is 2. The van der Waals surface area contributed by atoms with Gasteiger partial charge in [-0.2, -0.15) is 0 Å². The van der Waals surface area contributed by atoms with Gasteiger partial charge in [0.15, 0.2) is 11.6 Å². The predicted octanol–water partition coefficient (Wildman–Crippen LogP) is 2.60. The molecule has 0 radical (unpaired) electrons. The van der Waals surface area contributed by atoms with Crippen LogP contribution in [0, 0.1) is 11.6 Å². The highest BCUT2D eigenvalue weighted by atomic mass is 19.2. The van der Waals surface area contributed by atoms with E-state index in [9.17, 15) is 18.4 Å². The Morgan fingerprint density at radius 3 is 2.60 bits per heavy atom. The average Bonchev–Trinajstić information content (AvgIpc) is 2.99. The van der Waals surface area contributed by atoms with Crippen molar-refractivity contribution in [2.75, 3.05) is 5.32 Å². The number of imidazole rings is 1. The first kappa shape index (κ1) is 16.6. The Bertz CT molecular complexity index is 922. The monoisotopic (exact) mass is 344 g/mol. The molecule has 0 unspecified atom stereocenters. The standard InChI is InChI=1S/C17H14F2N4O2/c1-9(20-16(25)10-6-7-11(18)12(19)8-10)15(24)23-17-21-13-4-2-3-5-14(13)22-17/h2-9H,1H3,(H,20,25)(H2,21,22,23,24)/t9-/m0/s1. The molecule has 0 saturated heterocycles. The van der Waals surface area contributed by atoms with Crippen LogP contribution in [0.4, 0.5) is 14.7 Å². The largest absolute Gasteiger partial charge is 0.341 e. The number of amides is 2. The van der Waals surface area contributed by atoms with Crippen LogP contribution >= 0.6 is 0 Å². The van der Waals surface area contributed by atoms with Crippen molar-refractivity contribution in [3.05, 3.63) is 59.7 Å². The van der Waals surface area contributed by atoms with Gasteiger partial charge >= 0.3 is 0 Å². The second-order valence-electron chi connectivity index (χ2n) is 5.42. The van der Waals surface area contributed by atoms with Crippen molar-refractivity contribution in [1.29, 1.82) is 0 Å². The predicted molar refractivity (Wildman–Crippen MR) is 88.0 cm³/mol. The van der Waals surface area contributed by atoms with E-state index >= 15 is 0 Å². The molecule has 0 aliphatic heterocycles. The fourth-order valence-corrected chi connectivity index (χ4v) is 2.22. The van der Waals surface area contributed by atoms with Crippen LogP contribution in [-0.2, 0) is 4.79 Å². The first-order valence-corrected chi connectivity index (χ1v) is 7.45. The molecular formula is C17H14F2N4O2. The molecule has 0 bridgehead atoms. The van der Waals surface area contributed by atoms with Crippen LogP contribution < -0.4 is 10.6 Å². The van der Waals surface area contributed by atoms with Gasteiger partial charge in [-0.15, -0.1) is 0 Å². The first-order valence-electron chi connectivity index (χ1n) is 7.45. The summed E-state index contributed by atoms with van der Waals surface area (Å²) in [5.41, 5.74) is 1.37. The van der Waals surface area contributed by atoms with Gasteiger partial charge in [0.1, 0.15) is 6.04 Å². The van der Waals surface area contributed by atoms with Crippen LogP contribution in [-0.4, -0.2) is 27.8 Å². The zero-order valence-corrected chi connectivity index (χ0v) is 13.1. The highest BCUT2D eigenvalue weighted by Gasteiger charge is 2.18. The molecule has 0 aliphatic rings. The molecule has 6 nitrogen and oxygen atoms in total. The Kier molecular flexibility index (Phi) is 4.42. The lowest BCUT2D eigenvalue weighted by Gasteiger charge is -2.13. The SMILES string of the molecule is C[C@H](NC(=O)c1ccc(F)c(F)c1)C(=O)Nc1nc2ccccc2[nH]1. The van der Waals surface area contributed by atoms with Gasteiger partial charge in [-0.3, -0.25) is 14.9 Å². The van der Waals surface area contributed by atoms with E-state index in [-0.39, 0.29) is 11.5 Å². The van der Waals surface area contributed by atoms with Crippen molar-refractivity contribution in [1.82, 2.24) is 15.3 Å². The maximum Gasteiger partial charge on any atom is 0.252 e. The maximum atomic E-state index is 13.2. The minimum atomic E-state index is -1.13. The molecule has 128 valence electrons. The Balaban J connectivity index is 1.65. The molecule has 3 aromatic rings. The van der Waals surface area contributed by atoms with Gasteiger partial charge < -0.3 is 10.3 Å². The normalized spacial score (nSPS) is 12.0. The molecule has 3 N–H and O–H groups in total. The number of H-pyrrole nitrogens is 1. The van der Waals surface area contributed by atoms with Gasteiger partial charge in [0.05, 0.1) is 11.0 Å². The number of aromatic amines is 1. The molecular weight excluding hydrogens is 330 g/mol. The molecule has 1 heterocycles. The molecule has 25 heavy (non-hydrogen) atoms. The van der Waals surface area contributed by atoms with Crippen LogP contribution in [0.1, 0.15) is 17.3 Å². The molecule has 0 aliphatic carbocycles. The van der Waals surface area contributed by atoms with Gasteiger partial charge in [0.2, 0.25) is 11.9 Å². The Hall–Kier alpha value is -3.29. The molecule has 2 amide bonds. The molecule has 1 aromatic heterocycles. The molecule has 0 saturated carbocycles. The lowest BCUT2D eigenvalue weighted by molar-refractivity contribution is -0.117. The van der Waals surface area contributed by atoms with Crippen LogP contribution in [0.2, 0.25) is 0 Å². The van der Waals surface area contributed by atoms with Crippen molar-refractivity contribution in [2.24, 2.45) is 0 Å². The summed E-state index contributed by atoms with van der Waals surface area (Å²) in [5.74, 6) is -3.12. The van der Waals surface area contributed by atoms with Crippen LogP contribution in [0.3, 0.4) is 0 Å². The third kappa shape index (κ3) is 3.63. The number of halogens is 2. The number of benzene rings is 2. The Morgan fingerprint density at radius 1 is 1.12 bits per heavy atom. The van der Waals surface area contributed by atoms with E-state index in [1.165, 1.54) is 6.92 Å². The van der Waals surface area contributed by atoms with E-state index in [1.807, 2.05) is 18.2 Å². The van der Waals surface area contributed by atoms with Crippen molar-refractivity contribution in [3.63, 3.8) is 0 Å². The summed E-state index contributed by atoms with van der Waals surface area (Å²) in [6, 6.07) is 9.10. The topological polar surface area (TPSA) is 86.9 Å². The first-order chi connectivity index (χ1) is 11.9. The highest BCUT2D eigenvalue weighted by molar-refractivity contribution is 6.00. The number of aromatic nitrogens is 2. The molecule has 0 spiro atoms. The number of hydrogen-bond acceptors (Lipinski definition) is 3. The number of carbonyl (C=O) groups is 2. The molecule has 3 rings (SSSR count). The number of anilines is 1. The molecule has 2 aromatic carbocycles. The summed E-state index contributed by atoms with van der Waals surface area (Å²) >= 11 is 0. The van der Waals surface area contributed by atoms with E-state index < -0.39 is 29.5 Å². The number of rotatable bonds is 4. The van der Waals surface area contributed by atoms with E-state index in [4.69, 9.17) is 0 Å². The Labute approximate surface area is 141 Å². The van der Waals surface area contributed by atoms with Crippen LogP contribution in [0.5, 0.6) is 0 Å². The molecule has 0 fully saturated rings. The number of nitrogens with one attached hydrogen (secondary N) is 3. The second-order valence-corrected chi connectivity index (χ2v) is 5.42. The lowest BCUT2D eigenvalue weighted by Crippen LogP contribution is -2.41. The summed E-state index contributed by atoms with van der Waals surface area (Å²) in [6.45, 7) is 1.47. The number of fused-ring (bicyclic) bond motifs is 1. The maximum absolute atomic E-state index is 13.2. The zero-order chi connectivity index (χ0) is 18.0. The minimum Gasteiger partial charge on any atom is -0.341 e. The van der Waals surface area contributed by atoms with Gasteiger partial charge in [0, 0.05) is 5.56 Å². The average molecular weight is 344 g/mol. The number of carbonyl (C=O) groups excluding carboxylic acids is 2. The quantitative estimate of drug-likeness (QED) is 0.680. The van der Waals surface area contributed by atoms with E-state index in [2.05, 4.69) is 20.6 Å². The molecule has 1 atom stereocenters. The lowest BCUT2D eigenvalue weighted by atomic mass is 10.2.